The fourth-order valence-electron chi connectivity index (χ4n) is 3.03. The van der Waals surface area contributed by atoms with Gasteiger partial charge in [0.05, 0.1) is 12.8 Å². The molecule has 0 aliphatic carbocycles. The molecule has 0 aliphatic rings. The van der Waals surface area contributed by atoms with Crippen molar-refractivity contribution in [2.75, 3.05) is 24.4 Å². The van der Waals surface area contributed by atoms with E-state index in [4.69, 9.17) is 9.47 Å². The zero-order valence-electron chi connectivity index (χ0n) is 17.2. The third-order valence-corrected chi connectivity index (χ3v) is 4.61. The molecule has 0 radical (unpaired) electrons. The molecule has 2 amide bonds. The smallest absolute Gasteiger partial charge is 0.262 e. The molecule has 0 fully saturated rings. The SMILES string of the molecule is CCCCC(=O)Nc1ccc(NC(=O)COc2ccc3ccccc3c2)cc1OC. The summed E-state index contributed by atoms with van der Waals surface area (Å²) in [5.41, 5.74) is 1.13. The molecule has 0 saturated carbocycles. The van der Waals surface area contributed by atoms with Gasteiger partial charge in [-0.3, -0.25) is 9.59 Å². The van der Waals surface area contributed by atoms with Gasteiger partial charge in [-0.25, -0.2) is 0 Å². The molecule has 0 atom stereocenters. The van der Waals surface area contributed by atoms with Crippen LogP contribution in [0, 0.1) is 0 Å². The standard InChI is InChI=1S/C24H26N2O4/c1-3-4-9-23(27)26-21-13-11-19(15-22(21)29-2)25-24(28)16-30-20-12-10-17-7-5-6-8-18(17)14-20/h5-8,10-15H,3-4,9,16H2,1-2H3,(H,25,28)(H,26,27). The van der Waals surface area contributed by atoms with Crippen molar-refractivity contribution in [2.24, 2.45) is 0 Å². The quantitative estimate of drug-likeness (QED) is 0.525. The van der Waals surface area contributed by atoms with Crippen LogP contribution in [0.5, 0.6) is 11.5 Å². The first-order chi connectivity index (χ1) is 14.6. The fraction of sp³-hybridized carbons (Fsp3) is 0.250. The van der Waals surface area contributed by atoms with Gasteiger partial charge in [0.1, 0.15) is 11.5 Å². The largest absolute Gasteiger partial charge is 0.494 e. The van der Waals surface area contributed by atoms with E-state index in [2.05, 4.69) is 10.6 Å². The van der Waals surface area contributed by atoms with Crippen molar-refractivity contribution in [3.05, 3.63) is 60.7 Å². The second-order valence-electron chi connectivity index (χ2n) is 6.91. The van der Waals surface area contributed by atoms with Crippen molar-refractivity contribution in [3.8, 4) is 11.5 Å². The maximum Gasteiger partial charge on any atom is 0.262 e. The first-order valence-corrected chi connectivity index (χ1v) is 9.98. The summed E-state index contributed by atoms with van der Waals surface area (Å²) in [5.74, 6) is 0.764. The Labute approximate surface area is 176 Å². The average molecular weight is 406 g/mol. The van der Waals surface area contributed by atoms with Gasteiger partial charge < -0.3 is 20.1 Å². The predicted molar refractivity (Wildman–Crippen MR) is 119 cm³/mol. The number of rotatable bonds is 9. The molecule has 6 heteroatoms. The minimum Gasteiger partial charge on any atom is -0.494 e. The second kappa shape index (κ2) is 10.3. The topological polar surface area (TPSA) is 76.7 Å². The first-order valence-electron chi connectivity index (χ1n) is 9.98. The Hall–Kier alpha value is -3.54. The highest BCUT2D eigenvalue weighted by atomic mass is 16.5. The number of amides is 2. The number of carbonyl (C=O) groups is 2. The van der Waals surface area contributed by atoms with E-state index in [0.29, 0.717) is 29.3 Å². The fourth-order valence-corrected chi connectivity index (χ4v) is 3.03. The first kappa shape index (κ1) is 21.2. The number of methoxy groups -OCH3 is 1. The van der Waals surface area contributed by atoms with Crippen molar-refractivity contribution in [3.63, 3.8) is 0 Å². The Bertz CT molecular complexity index is 1030. The molecule has 0 bridgehead atoms. The summed E-state index contributed by atoms with van der Waals surface area (Å²) in [4.78, 5) is 24.2. The molecule has 30 heavy (non-hydrogen) atoms. The van der Waals surface area contributed by atoms with E-state index in [1.807, 2.05) is 49.4 Å². The minimum absolute atomic E-state index is 0.0595. The van der Waals surface area contributed by atoms with Gasteiger partial charge in [-0.05, 0) is 41.5 Å². The van der Waals surface area contributed by atoms with Gasteiger partial charge in [0, 0.05) is 18.2 Å². The molecule has 156 valence electrons. The molecule has 0 spiro atoms. The molecule has 3 aromatic carbocycles. The summed E-state index contributed by atoms with van der Waals surface area (Å²) < 4.78 is 11.0. The van der Waals surface area contributed by atoms with E-state index in [1.165, 1.54) is 7.11 Å². The van der Waals surface area contributed by atoms with Gasteiger partial charge in [0.2, 0.25) is 5.91 Å². The lowest BCUT2D eigenvalue weighted by molar-refractivity contribution is -0.118. The minimum atomic E-state index is -0.287. The number of carbonyl (C=O) groups excluding carboxylic acids is 2. The predicted octanol–water partition coefficient (Wildman–Crippen LogP) is 4.99. The van der Waals surface area contributed by atoms with Crippen LogP contribution in [0.15, 0.2) is 60.7 Å². The Morgan fingerprint density at radius 1 is 0.900 bits per heavy atom. The van der Waals surface area contributed by atoms with Gasteiger partial charge in [-0.1, -0.05) is 43.7 Å². The van der Waals surface area contributed by atoms with Gasteiger partial charge in [0.25, 0.3) is 5.91 Å². The number of benzene rings is 3. The lowest BCUT2D eigenvalue weighted by Crippen LogP contribution is -2.20. The molecule has 2 N–H and O–H groups in total. The Balaban J connectivity index is 1.58. The van der Waals surface area contributed by atoms with Gasteiger partial charge in [-0.15, -0.1) is 0 Å². The summed E-state index contributed by atoms with van der Waals surface area (Å²) in [5, 5.41) is 7.79. The normalized spacial score (nSPS) is 10.5. The Morgan fingerprint density at radius 3 is 2.47 bits per heavy atom. The van der Waals surface area contributed by atoms with Crippen molar-refractivity contribution < 1.29 is 19.1 Å². The van der Waals surface area contributed by atoms with Crippen LogP contribution in [0.1, 0.15) is 26.2 Å². The number of hydrogen-bond donors (Lipinski definition) is 2. The third kappa shape index (κ3) is 5.73. The molecule has 3 rings (SSSR count). The maximum atomic E-state index is 12.3. The molecule has 0 aromatic heterocycles. The second-order valence-corrected chi connectivity index (χ2v) is 6.91. The zero-order chi connectivity index (χ0) is 21.3. The van der Waals surface area contributed by atoms with E-state index in [0.717, 1.165) is 23.6 Å². The zero-order valence-corrected chi connectivity index (χ0v) is 17.2. The van der Waals surface area contributed by atoms with Crippen LogP contribution in [0.2, 0.25) is 0 Å². The van der Waals surface area contributed by atoms with E-state index in [9.17, 15) is 9.59 Å². The molecule has 0 unspecified atom stereocenters. The molecular formula is C24H26N2O4. The molecule has 0 saturated heterocycles. The highest BCUT2D eigenvalue weighted by molar-refractivity contribution is 5.95. The van der Waals surface area contributed by atoms with Crippen molar-refractivity contribution in [1.29, 1.82) is 0 Å². The highest BCUT2D eigenvalue weighted by Gasteiger charge is 2.10. The van der Waals surface area contributed by atoms with Crippen LogP contribution < -0.4 is 20.1 Å². The van der Waals surface area contributed by atoms with E-state index >= 15 is 0 Å². The summed E-state index contributed by atoms with van der Waals surface area (Å²) in [7, 11) is 1.52. The number of nitrogens with one attached hydrogen (secondary N) is 2. The third-order valence-electron chi connectivity index (χ3n) is 4.61. The summed E-state index contributed by atoms with van der Waals surface area (Å²) in [6, 6.07) is 18.8. The lowest BCUT2D eigenvalue weighted by atomic mass is 10.1. The van der Waals surface area contributed by atoms with Crippen LogP contribution >= 0.6 is 0 Å². The molecule has 3 aromatic rings. The highest BCUT2D eigenvalue weighted by Crippen LogP contribution is 2.28. The van der Waals surface area contributed by atoms with E-state index in [-0.39, 0.29) is 18.4 Å². The van der Waals surface area contributed by atoms with Crippen LogP contribution in [0.3, 0.4) is 0 Å². The van der Waals surface area contributed by atoms with Crippen LogP contribution in [-0.2, 0) is 9.59 Å². The number of anilines is 2. The lowest BCUT2D eigenvalue weighted by Gasteiger charge is -2.13. The van der Waals surface area contributed by atoms with E-state index in [1.54, 1.807) is 18.2 Å². The van der Waals surface area contributed by atoms with Crippen molar-refractivity contribution in [2.45, 2.75) is 26.2 Å². The van der Waals surface area contributed by atoms with E-state index < -0.39 is 0 Å². The summed E-state index contributed by atoms with van der Waals surface area (Å²) in [6.07, 6.45) is 2.25. The van der Waals surface area contributed by atoms with Crippen molar-refractivity contribution in [1.82, 2.24) is 0 Å². The summed E-state index contributed by atoms with van der Waals surface area (Å²) in [6.45, 7) is 1.92. The monoisotopic (exact) mass is 406 g/mol. The average Bonchev–Trinajstić information content (AvgIpc) is 2.77. The number of fused-ring (bicyclic) bond motifs is 1. The van der Waals surface area contributed by atoms with Crippen LogP contribution in [0.25, 0.3) is 10.8 Å². The number of unbranched alkanes of at least 4 members (excludes halogenated alkanes) is 1. The molecule has 0 aliphatic heterocycles. The number of hydrogen-bond acceptors (Lipinski definition) is 4. The Morgan fingerprint density at radius 2 is 1.70 bits per heavy atom. The maximum absolute atomic E-state index is 12.3. The number of ether oxygens (including phenoxy) is 2. The Kier molecular flexibility index (Phi) is 7.27. The van der Waals surface area contributed by atoms with Gasteiger partial charge >= 0.3 is 0 Å². The van der Waals surface area contributed by atoms with Crippen LogP contribution in [0.4, 0.5) is 11.4 Å². The van der Waals surface area contributed by atoms with Gasteiger partial charge in [-0.2, -0.15) is 0 Å². The molecule has 6 nitrogen and oxygen atoms in total. The summed E-state index contributed by atoms with van der Waals surface area (Å²) >= 11 is 0. The molecular weight excluding hydrogens is 380 g/mol. The van der Waals surface area contributed by atoms with Crippen molar-refractivity contribution >= 4 is 34.0 Å². The van der Waals surface area contributed by atoms with Crippen LogP contribution in [-0.4, -0.2) is 25.5 Å². The van der Waals surface area contributed by atoms with Gasteiger partial charge in [0.15, 0.2) is 6.61 Å². The molecule has 0 heterocycles.